The van der Waals surface area contributed by atoms with Crippen LogP contribution in [0.1, 0.15) is 30.2 Å². The van der Waals surface area contributed by atoms with Gasteiger partial charge in [0.2, 0.25) is 0 Å². The first-order valence-electron chi connectivity index (χ1n) is 11.7. The second-order valence-electron chi connectivity index (χ2n) is 8.71. The third-order valence-corrected chi connectivity index (χ3v) is 6.51. The van der Waals surface area contributed by atoms with Crippen molar-refractivity contribution in [2.45, 2.75) is 26.7 Å². The minimum absolute atomic E-state index is 0.00213. The summed E-state index contributed by atoms with van der Waals surface area (Å²) >= 11 is 12.3. The lowest BCUT2D eigenvalue weighted by atomic mass is 10.0. The lowest BCUT2D eigenvalue weighted by molar-refractivity contribution is -0.577. The Morgan fingerprint density at radius 3 is 2.27 bits per heavy atom. The van der Waals surface area contributed by atoms with Crippen molar-refractivity contribution in [2.75, 3.05) is 4.90 Å². The van der Waals surface area contributed by atoms with Gasteiger partial charge in [-0.25, -0.2) is 9.58 Å². The van der Waals surface area contributed by atoms with Crippen LogP contribution in [-0.4, -0.2) is 21.6 Å². The zero-order valence-electron chi connectivity index (χ0n) is 20.1. The smallest absolute Gasteiger partial charge is 0.331 e. The summed E-state index contributed by atoms with van der Waals surface area (Å²) < 4.78 is 2.82. The van der Waals surface area contributed by atoms with E-state index in [0.29, 0.717) is 40.0 Å². The third-order valence-electron chi connectivity index (χ3n) is 6.04. The van der Waals surface area contributed by atoms with Gasteiger partial charge in [0, 0.05) is 27.2 Å². The number of nitrogens with zero attached hydrogens (tertiary/aromatic N) is 4. The topological polar surface area (TPSA) is 82.1 Å². The Bertz CT molecular complexity index is 1590. The van der Waals surface area contributed by atoms with Crippen molar-refractivity contribution in [1.29, 1.82) is 0 Å². The van der Waals surface area contributed by atoms with Crippen LogP contribution in [0.4, 0.5) is 5.69 Å². The fourth-order valence-electron chi connectivity index (χ4n) is 4.46. The number of carbonyl (C=O) groups is 2. The molecule has 2 amide bonds. The molecule has 2 aromatic heterocycles. The maximum Gasteiger partial charge on any atom is 0.331 e. The van der Waals surface area contributed by atoms with Crippen LogP contribution in [-0.2, 0) is 16.0 Å². The summed E-state index contributed by atoms with van der Waals surface area (Å²) in [7, 11) is 0. The molecule has 9 heteroatoms. The van der Waals surface area contributed by atoms with E-state index in [4.69, 9.17) is 23.2 Å². The maximum absolute atomic E-state index is 14.0. The van der Waals surface area contributed by atoms with Crippen LogP contribution in [0.5, 0.6) is 5.88 Å². The Morgan fingerprint density at radius 1 is 0.946 bits per heavy atom. The summed E-state index contributed by atoms with van der Waals surface area (Å²) in [6.45, 7) is 3.84. The first-order chi connectivity index (χ1) is 17.8. The number of hydrogen-bond acceptors (Lipinski definition) is 4. The summed E-state index contributed by atoms with van der Waals surface area (Å²) in [4.78, 5) is 28.9. The Hall–Kier alpha value is -3.94. The normalized spacial score (nSPS) is 13.7. The highest BCUT2D eigenvalue weighted by atomic mass is 35.5. The van der Waals surface area contributed by atoms with Gasteiger partial charge in [0.25, 0.3) is 11.6 Å². The first-order valence-corrected chi connectivity index (χ1v) is 12.5. The molecule has 0 spiro atoms. The summed E-state index contributed by atoms with van der Waals surface area (Å²) in [5.41, 5.74) is 2.28. The van der Waals surface area contributed by atoms with Gasteiger partial charge in [-0.1, -0.05) is 48.7 Å². The molecule has 0 N–H and O–H groups in total. The Balaban J connectivity index is 1.79. The van der Waals surface area contributed by atoms with Crippen molar-refractivity contribution in [3.8, 4) is 11.6 Å². The molecule has 37 heavy (non-hydrogen) atoms. The molecule has 0 saturated heterocycles. The predicted molar refractivity (Wildman–Crippen MR) is 140 cm³/mol. The number of rotatable bonds is 6. The Labute approximate surface area is 223 Å². The zero-order chi connectivity index (χ0) is 26.3. The number of pyridine rings is 1. The molecule has 5 rings (SSSR count). The highest BCUT2D eigenvalue weighted by Gasteiger charge is 2.47. The molecule has 186 valence electrons. The first kappa shape index (κ1) is 24.7. The molecule has 7 nitrogen and oxygen atoms in total. The number of amides is 2. The quantitative estimate of drug-likeness (QED) is 0.265. The lowest BCUT2D eigenvalue weighted by Crippen LogP contribution is -2.39. The monoisotopic (exact) mass is 532 g/mol. The minimum atomic E-state index is -0.614. The van der Waals surface area contributed by atoms with Crippen molar-refractivity contribution in [1.82, 2.24) is 9.78 Å². The molecular formula is C28H22Cl2N4O3. The van der Waals surface area contributed by atoms with Crippen LogP contribution in [0.2, 0.25) is 10.0 Å². The average Bonchev–Trinajstić information content (AvgIpc) is 3.31. The molecule has 0 aliphatic carbocycles. The second-order valence-corrected chi connectivity index (χ2v) is 9.58. The van der Waals surface area contributed by atoms with E-state index in [-0.39, 0.29) is 16.8 Å². The molecule has 0 unspecified atom stereocenters. The summed E-state index contributed by atoms with van der Waals surface area (Å²) in [6, 6.07) is 16.9. The van der Waals surface area contributed by atoms with E-state index in [1.165, 1.54) is 4.68 Å². The van der Waals surface area contributed by atoms with Crippen LogP contribution >= 0.6 is 23.2 Å². The molecule has 2 aromatic carbocycles. The zero-order valence-corrected chi connectivity index (χ0v) is 21.6. The number of halogens is 2. The molecule has 3 heterocycles. The van der Waals surface area contributed by atoms with Crippen LogP contribution < -0.4 is 14.6 Å². The molecular weight excluding hydrogens is 511 g/mol. The average molecular weight is 533 g/mol. The molecule has 0 bridgehead atoms. The van der Waals surface area contributed by atoms with Gasteiger partial charge in [-0.3, -0.25) is 9.59 Å². The van der Waals surface area contributed by atoms with Crippen molar-refractivity contribution >= 4 is 52.0 Å². The van der Waals surface area contributed by atoms with Gasteiger partial charge in [-0.05, 0) is 61.7 Å². The number of benzene rings is 2. The van der Waals surface area contributed by atoms with Gasteiger partial charge in [-0.2, -0.15) is 9.67 Å². The molecule has 1 aliphatic heterocycles. The van der Waals surface area contributed by atoms with E-state index < -0.39 is 17.7 Å². The SMILES string of the molecule is CCCc1nn(-c2cccc(Cl)c2)c([O-])c1C1=C([n+]2cccc(C)c2)C(=O)N(c2cccc(Cl)c2)C1=O. The van der Waals surface area contributed by atoms with E-state index in [9.17, 15) is 14.7 Å². The van der Waals surface area contributed by atoms with E-state index in [1.807, 2.05) is 19.9 Å². The van der Waals surface area contributed by atoms with E-state index in [0.717, 1.165) is 10.5 Å². The van der Waals surface area contributed by atoms with Gasteiger partial charge in [0.05, 0.1) is 17.1 Å². The number of anilines is 1. The van der Waals surface area contributed by atoms with Crippen molar-refractivity contribution in [3.05, 3.63) is 99.9 Å². The van der Waals surface area contributed by atoms with Gasteiger partial charge < -0.3 is 5.11 Å². The van der Waals surface area contributed by atoms with Crippen LogP contribution in [0.15, 0.2) is 73.1 Å². The van der Waals surface area contributed by atoms with Crippen LogP contribution in [0.25, 0.3) is 17.0 Å². The van der Waals surface area contributed by atoms with Gasteiger partial charge in [0.1, 0.15) is 5.57 Å². The molecule has 1 aliphatic rings. The third kappa shape index (κ3) is 4.41. The molecule has 0 atom stereocenters. The van der Waals surface area contributed by atoms with Crippen LogP contribution in [0, 0.1) is 6.92 Å². The largest absolute Gasteiger partial charge is 0.858 e. The van der Waals surface area contributed by atoms with E-state index in [2.05, 4.69) is 5.10 Å². The number of aromatic nitrogens is 3. The Kier molecular flexibility index (Phi) is 6.58. The summed E-state index contributed by atoms with van der Waals surface area (Å²) in [5.74, 6) is -1.67. The standard InChI is InChI=1S/C28H22Cl2N4O3/c1-3-7-22-23(27(36)34(31-22)21-12-5-10-19(30)15-21)24-25(32-13-6-8-17(2)16-32)28(37)33(26(24)35)20-11-4-9-18(29)14-20/h4-6,8-16H,3,7H2,1-2H3. The van der Waals surface area contributed by atoms with Gasteiger partial charge >= 0.3 is 5.91 Å². The number of aryl methyl sites for hydroxylation is 2. The number of hydrogen-bond donors (Lipinski definition) is 0. The van der Waals surface area contributed by atoms with Crippen LogP contribution in [0.3, 0.4) is 0 Å². The summed E-state index contributed by atoms with van der Waals surface area (Å²) in [6.07, 6.45) is 4.54. The molecule has 0 radical (unpaired) electrons. The highest BCUT2D eigenvalue weighted by molar-refractivity contribution is 6.53. The van der Waals surface area contributed by atoms with E-state index in [1.54, 1.807) is 71.6 Å². The predicted octanol–water partition coefficient (Wildman–Crippen LogP) is 4.74. The maximum atomic E-state index is 14.0. The summed E-state index contributed by atoms with van der Waals surface area (Å²) in [5, 5.41) is 19.3. The van der Waals surface area contributed by atoms with E-state index >= 15 is 0 Å². The number of imide groups is 1. The Morgan fingerprint density at radius 2 is 1.62 bits per heavy atom. The minimum Gasteiger partial charge on any atom is -0.858 e. The van der Waals surface area contributed by atoms with Gasteiger partial charge in [-0.15, -0.1) is 0 Å². The van der Waals surface area contributed by atoms with Crippen molar-refractivity contribution in [2.24, 2.45) is 0 Å². The highest BCUT2D eigenvalue weighted by Crippen LogP contribution is 2.39. The number of carbonyl (C=O) groups excluding carboxylic acids is 2. The fraction of sp³-hybridized carbons (Fsp3) is 0.143. The molecule has 0 saturated carbocycles. The lowest BCUT2D eigenvalue weighted by Gasteiger charge is -2.16. The fourth-order valence-corrected chi connectivity index (χ4v) is 4.83. The second kappa shape index (κ2) is 9.84. The van der Waals surface area contributed by atoms with Crippen molar-refractivity contribution < 1.29 is 19.3 Å². The van der Waals surface area contributed by atoms with Gasteiger partial charge in [0.15, 0.2) is 12.4 Å². The molecule has 4 aromatic rings. The molecule has 0 fully saturated rings. The van der Waals surface area contributed by atoms with Crippen molar-refractivity contribution in [3.63, 3.8) is 0 Å².